The summed E-state index contributed by atoms with van der Waals surface area (Å²) in [5.74, 6) is 0.577. The Morgan fingerprint density at radius 1 is 0.976 bits per heavy atom. The molecule has 2 unspecified atom stereocenters. The van der Waals surface area contributed by atoms with E-state index in [0.29, 0.717) is 31.2 Å². The number of nitrogens with one attached hydrogen (secondary N) is 1. The van der Waals surface area contributed by atoms with E-state index in [-0.39, 0.29) is 36.7 Å². The minimum absolute atomic E-state index is 0.0402. The zero-order valence-corrected chi connectivity index (χ0v) is 26.9. The number of para-hydroxylation sites is 1. The summed E-state index contributed by atoms with van der Waals surface area (Å²) < 4.78 is 23.5. The standard InChI is InChI=1S/C33H52N2O7/c1-9-28(36)34-33(8)19-12-20-35(30(38)42-32(5,6)7)27(33)21-39-24-17-15-23(16-18-24)25-13-10-11-14-26(25)40-22-29(37)41-31(2,3)4/h10-11,13-14,23-24,27H,9,12,15-22H2,1-8H3,(H,34,36). The van der Waals surface area contributed by atoms with Crippen molar-refractivity contribution in [1.29, 1.82) is 0 Å². The van der Waals surface area contributed by atoms with E-state index in [4.69, 9.17) is 18.9 Å². The Kier molecular flexibility index (Phi) is 11.3. The van der Waals surface area contributed by atoms with Gasteiger partial charge in [-0.25, -0.2) is 9.59 Å². The highest BCUT2D eigenvalue weighted by atomic mass is 16.6. The quantitative estimate of drug-likeness (QED) is 0.346. The molecule has 1 aromatic carbocycles. The first-order valence-corrected chi connectivity index (χ1v) is 15.5. The first-order valence-electron chi connectivity index (χ1n) is 15.5. The Bertz CT molecular complexity index is 1070. The van der Waals surface area contributed by atoms with Crippen LogP contribution in [0.1, 0.15) is 112 Å². The van der Waals surface area contributed by atoms with Crippen LogP contribution in [0, 0.1) is 0 Å². The van der Waals surface area contributed by atoms with Crippen LogP contribution in [0.4, 0.5) is 4.79 Å². The zero-order chi connectivity index (χ0) is 31.1. The highest BCUT2D eigenvalue weighted by molar-refractivity contribution is 5.77. The number of hydrogen-bond donors (Lipinski definition) is 1. The second-order valence-electron chi connectivity index (χ2n) is 13.8. The molecule has 0 spiro atoms. The van der Waals surface area contributed by atoms with Gasteiger partial charge in [-0.3, -0.25) is 4.79 Å². The predicted molar refractivity (Wildman–Crippen MR) is 162 cm³/mol. The van der Waals surface area contributed by atoms with Crippen molar-refractivity contribution in [3.05, 3.63) is 29.8 Å². The molecule has 42 heavy (non-hydrogen) atoms. The van der Waals surface area contributed by atoms with Gasteiger partial charge in [0.25, 0.3) is 0 Å². The van der Waals surface area contributed by atoms with Crippen molar-refractivity contribution in [3.8, 4) is 5.75 Å². The lowest BCUT2D eigenvalue weighted by Gasteiger charge is -2.48. The largest absolute Gasteiger partial charge is 0.482 e. The van der Waals surface area contributed by atoms with E-state index in [9.17, 15) is 14.4 Å². The highest BCUT2D eigenvalue weighted by Gasteiger charge is 2.45. The number of benzene rings is 1. The van der Waals surface area contributed by atoms with Crippen LogP contribution < -0.4 is 10.1 Å². The Morgan fingerprint density at radius 2 is 1.62 bits per heavy atom. The number of esters is 1. The third-order valence-electron chi connectivity index (χ3n) is 7.87. The van der Waals surface area contributed by atoms with E-state index in [1.54, 1.807) is 4.90 Å². The van der Waals surface area contributed by atoms with E-state index in [0.717, 1.165) is 44.1 Å². The SMILES string of the molecule is CCC(=O)NC1(C)CCCN(C(=O)OC(C)(C)C)C1COC1CCC(c2ccccc2OCC(=O)OC(C)(C)C)CC1. The van der Waals surface area contributed by atoms with E-state index in [1.165, 1.54) is 0 Å². The highest BCUT2D eigenvalue weighted by Crippen LogP contribution is 2.39. The van der Waals surface area contributed by atoms with Crippen LogP contribution in [0.2, 0.25) is 0 Å². The second kappa shape index (κ2) is 14.1. The molecule has 2 fully saturated rings. The van der Waals surface area contributed by atoms with Gasteiger partial charge >= 0.3 is 12.1 Å². The number of nitrogens with zero attached hydrogens (tertiary/aromatic N) is 1. The summed E-state index contributed by atoms with van der Waals surface area (Å²) >= 11 is 0. The van der Waals surface area contributed by atoms with Gasteiger partial charge in [0.05, 0.1) is 24.3 Å². The number of rotatable bonds is 9. The van der Waals surface area contributed by atoms with Crippen LogP contribution in [0.5, 0.6) is 5.75 Å². The molecule has 1 heterocycles. The Morgan fingerprint density at radius 3 is 2.24 bits per heavy atom. The van der Waals surface area contributed by atoms with Crippen LogP contribution in [0.15, 0.2) is 24.3 Å². The molecule has 2 amide bonds. The van der Waals surface area contributed by atoms with Crippen LogP contribution >= 0.6 is 0 Å². The van der Waals surface area contributed by atoms with Gasteiger partial charge in [0.1, 0.15) is 17.0 Å². The van der Waals surface area contributed by atoms with Crippen molar-refractivity contribution in [3.63, 3.8) is 0 Å². The molecule has 9 heteroatoms. The lowest BCUT2D eigenvalue weighted by atomic mass is 9.81. The van der Waals surface area contributed by atoms with Gasteiger partial charge in [-0.05, 0) is 105 Å². The maximum Gasteiger partial charge on any atom is 0.410 e. The fourth-order valence-electron chi connectivity index (χ4n) is 5.87. The van der Waals surface area contributed by atoms with Gasteiger partial charge < -0.3 is 29.2 Å². The summed E-state index contributed by atoms with van der Waals surface area (Å²) in [6, 6.07) is 7.55. The molecule has 2 aliphatic rings. The lowest BCUT2D eigenvalue weighted by Crippen LogP contribution is -2.66. The van der Waals surface area contributed by atoms with E-state index >= 15 is 0 Å². The molecule has 3 rings (SSSR count). The summed E-state index contributed by atoms with van der Waals surface area (Å²) in [6.07, 6.45) is 5.15. The third kappa shape index (κ3) is 9.89. The monoisotopic (exact) mass is 588 g/mol. The lowest BCUT2D eigenvalue weighted by molar-refractivity contribution is -0.157. The summed E-state index contributed by atoms with van der Waals surface area (Å²) in [5.41, 5.74) is -0.686. The molecule has 236 valence electrons. The number of carbonyl (C=O) groups is 3. The first kappa shape index (κ1) is 33.7. The molecular formula is C33H52N2O7. The summed E-state index contributed by atoms with van der Waals surface area (Å²) in [5, 5.41) is 3.18. The number of ether oxygens (including phenoxy) is 4. The molecule has 0 radical (unpaired) electrons. The number of amides is 2. The molecule has 2 atom stereocenters. The van der Waals surface area contributed by atoms with Crippen molar-refractivity contribution in [1.82, 2.24) is 10.2 Å². The smallest absolute Gasteiger partial charge is 0.410 e. The van der Waals surface area contributed by atoms with E-state index < -0.39 is 16.7 Å². The van der Waals surface area contributed by atoms with Crippen LogP contribution in [0.25, 0.3) is 0 Å². The van der Waals surface area contributed by atoms with Crippen LogP contribution in [-0.2, 0) is 23.8 Å². The molecule has 1 N–H and O–H groups in total. The predicted octanol–water partition coefficient (Wildman–Crippen LogP) is 6.13. The molecular weight excluding hydrogens is 536 g/mol. The van der Waals surface area contributed by atoms with Gasteiger partial charge in [-0.15, -0.1) is 0 Å². The Balaban J connectivity index is 1.63. The molecule has 0 aromatic heterocycles. The van der Waals surface area contributed by atoms with Crippen molar-refractivity contribution >= 4 is 18.0 Å². The molecule has 1 saturated carbocycles. The van der Waals surface area contributed by atoms with Gasteiger partial charge in [0.2, 0.25) is 5.91 Å². The molecule has 1 aliphatic carbocycles. The number of piperidine rings is 1. The Hall–Kier alpha value is -2.81. The minimum Gasteiger partial charge on any atom is -0.482 e. The van der Waals surface area contributed by atoms with Gasteiger partial charge in [0.15, 0.2) is 6.61 Å². The fraction of sp³-hybridized carbons (Fsp3) is 0.727. The average Bonchev–Trinajstić information content (AvgIpc) is 2.89. The molecule has 9 nitrogen and oxygen atoms in total. The van der Waals surface area contributed by atoms with Crippen molar-refractivity contribution < 1.29 is 33.3 Å². The normalized spacial score (nSPS) is 25.0. The zero-order valence-electron chi connectivity index (χ0n) is 26.9. The maximum absolute atomic E-state index is 13.2. The van der Waals surface area contributed by atoms with Crippen molar-refractivity contribution in [2.75, 3.05) is 19.8 Å². The minimum atomic E-state index is -0.617. The summed E-state index contributed by atoms with van der Waals surface area (Å²) in [6.45, 7) is 15.7. The van der Waals surface area contributed by atoms with Gasteiger partial charge in [0, 0.05) is 13.0 Å². The maximum atomic E-state index is 13.2. The van der Waals surface area contributed by atoms with Crippen molar-refractivity contribution in [2.45, 2.75) is 135 Å². The molecule has 1 aromatic rings. The average molecular weight is 589 g/mol. The fourth-order valence-corrected chi connectivity index (χ4v) is 5.87. The third-order valence-corrected chi connectivity index (χ3v) is 7.87. The molecule has 1 aliphatic heterocycles. The van der Waals surface area contributed by atoms with Gasteiger partial charge in [-0.1, -0.05) is 25.1 Å². The van der Waals surface area contributed by atoms with Crippen molar-refractivity contribution in [2.24, 2.45) is 0 Å². The van der Waals surface area contributed by atoms with E-state index in [1.807, 2.05) is 73.6 Å². The Labute approximate surface area is 252 Å². The number of likely N-dealkylation sites (tertiary alicyclic amines) is 1. The second-order valence-corrected chi connectivity index (χ2v) is 13.8. The number of hydrogen-bond acceptors (Lipinski definition) is 7. The molecule has 0 bridgehead atoms. The topological polar surface area (TPSA) is 103 Å². The molecule has 1 saturated heterocycles. The summed E-state index contributed by atoms with van der Waals surface area (Å²) in [4.78, 5) is 39.6. The van der Waals surface area contributed by atoms with Crippen LogP contribution in [-0.4, -0.2) is 71.5 Å². The van der Waals surface area contributed by atoms with E-state index in [2.05, 4.69) is 11.4 Å². The van der Waals surface area contributed by atoms with Gasteiger partial charge in [-0.2, -0.15) is 0 Å². The van der Waals surface area contributed by atoms with Crippen LogP contribution in [0.3, 0.4) is 0 Å². The first-order chi connectivity index (χ1) is 19.6. The number of carbonyl (C=O) groups excluding carboxylic acids is 3. The summed E-state index contributed by atoms with van der Waals surface area (Å²) in [7, 11) is 0.